The molecule has 0 aliphatic carbocycles. The van der Waals surface area contributed by atoms with Crippen molar-refractivity contribution in [3.63, 3.8) is 0 Å². The molecule has 1 heterocycles. The Bertz CT molecular complexity index is 697. The van der Waals surface area contributed by atoms with E-state index in [9.17, 15) is 4.79 Å². The molecule has 3 rings (SSSR count). The molecule has 2 aromatic rings. The summed E-state index contributed by atoms with van der Waals surface area (Å²) in [5.74, 6) is 0. The summed E-state index contributed by atoms with van der Waals surface area (Å²) in [7, 11) is 1.67. The number of hydrazone groups is 1. The normalized spacial score (nSPS) is 21.3. The number of urea groups is 1. The van der Waals surface area contributed by atoms with E-state index in [1.54, 1.807) is 7.05 Å². The molecule has 0 fully saturated rings. The predicted octanol–water partition coefficient (Wildman–Crippen LogP) is 3.05. The quantitative estimate of drug-likeness (QED) is 0.929. The molecule has 0 radical (unpaired) electrons. The fraction of sp³-hybridized carbons (Fsp3) is 0.222. The van der Waals surface area contributed by atoms with Crippen LogP contribution in [0.3, 0.4) is 0 Å². The minimum atomic E-state index is -0.535. The monoisotopic (exact) mass is 293 g/mol. The van der Waals surface area contributed by atoms with Crippen molar-refractivity contribution in [2.75, 3.05) is 7.05 Å². The zero-order valence-electron chi connectivity index (χ0n) is 12.8. The van der Waals surface area contributed by atoms with Crippen LogP contribution < -0.4 is 5.32 Å². The first-order valence-corrected chi connectivity index (χ1v) is 7.33. The fourth-order valence-electron chi connectivity index (χ4n) is 2.79. The summed E-state index contributed by atoms with van der Waals surface area (Å²) in [6.07, 6.45) is 0.696. The standard InChI is InChI=1S/C18H19N3O/c1-18(13-14-9-5-3-6-10-14)16(15-11-7-4-8-12-15)20-21(2)17(22)19-18/h3-12H,13H2,1-2H3,(H,19,22). The van der Waals surface area contributed by atoms with Crippen LogP contribution in [0.2, 0.25) is 0 Å². The van der Waals surface area contributed by atoms with Gasteiger partial charge in [-0.05, 0) is 12.5 Å². The van der Waals surface area contributed by atoms with Gasteiger partial charge >= 0.3 is 6.03 Å². The van der Waals surface area contributed by atoms with Crippen molar-refractivity contribution in [3.05, 3.63) is 71.8 Å². The van der Waals surface area contributed by atoms with E-state index in [1.807, 2.05) is 55.5 Å². The zero-order valence-corrected chi connectivity index (χ0v) is 12.8. The van der Waals surface area contributed by atoms with E-state index in [-0.39, 0.29) is 6.03 Å². The minimum absolute atomic E-state index is 0.182. The SMILES string of the molecule is CN1N=C(c2ccccc2)C(C)(Cc2ccccc2)NC1=O. The van der Waals surface area contributed by atoms with Gasteiger partial charge in [0.05, 0.1) is 11.3 Å². The highest BCUT2D eigenvalue weighted by Gasteiger charge is 2.38. The fourth-order valence-corrected chi connectivity index (χ4v) is 2.79. The lowest BCUT2D eigenvalue weighted by molar-refractivity contribution is 0.197. The first kappa shape index (κ1) is 14.3. The third kappa shape index (κ3) is 2.72. The summed E-state index contributed by atoms with van der Waals surface area (Å²) in [5, 5.41) is 8.97. The molecule has 1 atom stereocenters. The van der Waals surface area contributed by atoms with Crippen LogP contribution in [0, 0.1) is 0 Å². The van der Waals surface area contributed by atoms with Crippen molar-refractivity contribution < 1.29 is 4.79 Å². The van der Waals surface area contributed by atoms with Crippen LogP contribution in [0.15, 0.2) is 65.8 Å². The Kier molecular flexibility index (Phi) is 3.67. The van der Waals surface area contributed by atoms with E-state index in [2.05, 4.69) is 22.6 Å². The Hall–Kier alpha value is -2.62. The van der Waals surface area contributed by atoms with Gasteiger partial charge in [-0.25, -0.2) is 9.80 Å². The largest absolute Gasteiger partial charge is 0.338 e. The summed E-state index contributed by atoms with van der Waals surface area (Å²) in [6, 6.07) is 19.9. The van der Waals surface area contributed by atoms with Crippen molar-refractivity contribution in [1.29, 1.82) is 0 Å². The summed E-state index contributed by atoms with van der Waals surface area (Å²) < 4.78 is 0. The van der Waals surface area contributed by atoms with Gasteiger partial charge in [-0.3, -0.25) is 0 Å². The Morgan fingerprint density at radius 3 is 2.27 bits per heavy atom. The van der Waals surface area contributed by atoms with Gasteiger partial charge in [-0.1, -0.05) is 60.7 Å². The summed E-state index contributed by atoms with van der Waals surface area (Å²) >= 11 is 0. The number of hydrogen-bond acceptors (Lipinski definition) is 2. The first-order valence-electron chi connectivity index (χ1n) is 7.33. The molecule has 1 aliphatic heterocycles. The number of hydrogen-bond donors (Lipinski definition) is 1. The topological polar surface area (TPSA) is 44.7 Å². The lowest BCUT2D eigenvalue weighted by Crippen LogP contribution is -2.60. The molecule has 0 saturated heterocycles. The van der Waals surface area contributed by atoms with Crippen LogP contribution >= 0.6 is 0 Å². The third-order valence-corrected chi connectivity index (χ3v) is 3.90. The molecule has 22 heavy (non-hydrogen) atoms. The second-order valence-corrected chi connectivity index (χ2v) is 5.76. The lowest BCUT2D eigenvalue weighted by Gasteiger charge is -2.38. The highest BCUT2D eigenvalue weighted by atomic mass is 16.2. The summed E-state index contributed by atoms with van der Waals surface area (Å²) in [5.41, 5.74) is 2.53. The molecule has 4 heteroatoms. The zero-order chi connectivity index (χ0) is 15.6. The van der Waals surface area contributed by atoms with E-state index in [0.29, 0.717) is 6.42 Å². The first-order chi connectivity index (χ1) is 10.6. The Morgan fingerprint density at radius 1 is 1.05 bits per heavy atom. The van der Waals surface area contributed by atoms with Crippen LogP contribution in [0.4, 0.5) is 4.79 Å². The Labute approximate surface area is 130 Å². The molecule has 0 aromatic heterocycles. The summed E-state index contributed by atoms with van der Waals surface area (Å²) in [6.45, 7) is 2.02. The van der Waals surface area contributed by atoms with Gasteiger partial charge in [-0.15, -0.1) is 0 Å². The van der Waals surface area contributed by atoms with Gasteiger partial charge in [-0.2, -0.15) is 5.10 Å². The minimum Gasteiger partial charge on any atom is -0.325 e. The smallest absolute Gasteiger partial charge is 0.325 e. The van der Waals surface area contributed by atoms with Crippen LogP contribution in [0.25, 0.3) is 0 Å². The van der Waals surface area contributed by atoms with Crippen molar-refractivity contribution in [2.24, 2.45) is 5.10 Å². The van der Waals surface area contributed by atoms with Gasteiger partial charge in [0.1, 0.15) is 0 Å². The maximum Gasteiger partial charge on any atom is 0.338 e. The Balaban J connectivity index is 2.02. The molecule has 1 N–H and O–H groups in total. The van der Waals surface area contributed by atoms with Crippen LogP contribution in [-0.4, -0.2) is 29.3 Å². The molecular formula is C18H19N3O. The van der Waals surface area contributed by atoms with Crippen LogP contribution in [0.5, 0.6) is 0 Å². The maximum atomic E-state index is 12.1. The van der Waals surface area contributed by atoms with E-state index >= 15 is 0 Å². The molecule has 0 saturated carbocycles. The third-order valence-electron chi connectivity index (χ3n) is 3.90. The number of benzene rings is 2. The van der Waals surface area contributed by atoms with E-state index in [0.717, 1.165) is 11.3 Å². The molecule has 4 nitrogen and oxygen atoms in total. The molecular weight excluding hydrogens is 274 g/mol. The van der Waals surface area contributed by atoms with Gasteiger partial charge in [0.25, 0.3) is 0 Å². The highest BCUT2D eigenvalue weighted by Crippen LogP contribution is 2.23. The molecule has 2 amide bonds. The molecule has 0 bridgehead atoms. The molecule has 2 aromatic carbocycles. The van der Waals surface area contributed by atoms with Crippen molar-refractivity contribution in [3.8, 4) is 0 Å². The second kappa shape index (κ2) is 5.64. The van der Waals surface area contributed by atoms with Crippen molar-refractivity contribution >= 4 is 11.7 Å². The molecule has 1 aliphatic rings. The van der Waals surface area contributed by atoms with E-state index in [4.69, 9.17) is 0 Å². The number of nitrogens with one attached hydrogen (secondary N) is 1. The van der Waals surface area contributed by atoms with E-state index < -0.39 is 5.54 Å². The molecule has 1 unspecified atom stereocenters. The number of nitrogens with zero attached hydrogens (tertiary/aromatic N) is 2. The highest BCUT2D eigenvalue weighted by molar-refractivity contribution is 6.10. The maximum absolute atomic E-state index is 12.1. The molecule has 112 valence electrons. The van der Waals surface area contributed by atoms with Crippen molar-refractivity contribution in [1.82, 2.24) is 10.3 Å². The van der Waals surface area contributed by atoms with Crippen molar-refractivity contribution in [2.45, 2.75) is 18.9 Å². The molecule has 0 spiro atoms. The van der Waals surface area contributed by atoms with E-state index in [1.165, 1.54) is 10.6 Å². The van der Waals surface area contributed by atoms with Gasteiger partial charge in [0.2, 0.25) is 0 Å². The lowest BCUT2D eigenvalue weighted by atomic mass is 9.84. The number of carbonyl (C=O) groups excluding carboxylic acids is 1. The average molecular weight is 293 g/mol. The van der Waals surface area contributed by atoms with Gasteiger partial charge in [0.15, 0.2) is 0 Å². The Morgan fingerprint density at radius 2 is 1.64 bits per heavy atom. The number of carbonyl (C=O) groups is 1. The number of amides is 2. The average Bonchev–Trinajstić information content (AvgIpc) is 2.53. The van der Waals surface area contributed by atoms with Crippen LogP contribution in [-0.2, 0) is 6.42 Å². The second-order valence-electron chi connectivity index (χ2n) is 5.76. The predicted molar refractivity (Wildman–Crippen MR) is 87.8 cm³/mol. The van der Waals surface area contributed by atoms with Gasteiger partial charge < -0.3 is 5.32 Å². The summed E-state index contributed by atoms with van der Waals surface area (Å²) in [4.78, 5) is 12.1. The van der Waals surface area contributed by atoms with Crippen LogP contribution in [0.1, 0.15) is 18.1 Å². The van der Waals surface area contributed by atoms with Gasteiger partial charge in [0, 0.05) is 19.0 Å². The number of rotatable bonds is 3.